The third-order valence-corrected chi connectivity index (χ3v) is 5.32. The van der Waals surface area contributed by atoms with Crippen molar-refractivity contribution in [1.82, 2.24) is 10.2 Å². The number of thioether (sulfide) groups is 1. The first-order valence-corrected chi connectivity index (χ1v) is 9.00. The molecule has 25 heavy (non-hydrogen) atoms. The van der Waals surface area contributed by atoms with Crippen LogP contribution < -0.4 is 5.32 Å². The molecule has 9 heteroatoms. The lowest BCUT2D eigenvalue weighted by Crippen LogP contribution is -2.54. The first kappa shape index (κ1) is 17.4. The van der Waals surface area contributed by atoms with Gasteiger partial charge in [0.2, 0.25) is 5.91 Å². The summed E-state index contributed by atoms with van der Waals surface area (Å²) in [5.74, 6) is -0.523. The summed E-state index contributed by atoms with van der Waals surface area (Å²) in [6.45, 7) is 0. The molecule has 0 spiro atoms. The number of non-ortho nitro benzene ring substituents is 1. The normalized spacial score (nSPS) is 23.6. The molecular formula is C16H17N3O5S. The van der Waals surface area contributed by atoms with E-state index in [1.165, 1.54) is 29.2 Å². The molecule has 0 radical (unpaired) electrons. The third kappa shape index (κ3) is 3.65. The van der Waals surface area contributed by atoms with Crippen molar-refractivity contribution in [3.63, 3.8) is 0 Å². The Hall–Kier alpha value is -2.42. The smallest absolute Gasteiger partial charge is 0.289 e. The topological polar surface area (TPSA) is 110 Å². The predicted molar refractivity (Wildman–Crippen MR) is 91.3 cm³/mol. The number of nitro benzene ring substituents is 1. The maximum absolute atomic E-state index is 12.5. The lowest BCUT2D eigenvalue weighted by molar-refractivity contribution is -0.384. The van der Waals surface area contributed by atoms with Crippen molar-refractivity contribution in [3.8, 4) is 0 Å². The average Bonchev–Trinajstić information content (AvgIpc) is 2.94. The van der Waals surface area contributed by atoms with Crippen LogP contribution in [-0.2, 0) is 4.79 Å². The first-order valence-electron chi connectivity index (χ1n) is 8.01. The minimum atomic E-state index is -0.557. The number of nitrogens with zero attached hydrogens (tertiary/aromatic N) is 2. The number of amides is 3. The summed E-state index contributed by atoms with van der Waals surface area (Å²) in [5.41, 5.74) is 0.0288. The highest BCUT2D eigenvalue weighted by atomic mass is 32.2. The molecule has 0 aromatic heterocycles. The fraction of sp³-hybridized carbons (Fsp3) is 0.438. The average molecular weight is 363 g/mol. The molecule has 1 saturated heterocycles. The lowest BCUT2D eigenvalue weighted by atomic mass is 9.89. The van der Waals surface area contributed by atoms with Crippen LogP contribution in [0.2, 0.25) is 0 Å². The van der Waals surface area contributed by atoms with Crippen molar-refractivity contribution >= 4 is 34.5 Å². The second-order valence-electron chi connectivity index (χ2n) is 6.06. The molecule has 1 N–H and O–H groups in total. The Morgan fingerprint density at radius 3 is 2.72 bits per heavy atom. The highest BCUT2D eigenvalue weighted by Crippen LogP contribution is 2.30. The van der Waals surface area contributed by atoms with Crippen LogP contribution in [-0.4, -0.2) is 44.7 Å². The molecule has 132 valence electrons. The quantitative estimate of drug-likeness (QED) is 0.649. The SMILES string of the molecule is O=C(NC1CCCCC1N1C(=O)CSC1=O)c1cccc([N+](=O)[O-])c1. The van der Waals surface area contributed by atoms with Gasteiger partial charge in [0.1, 0.15) is 0 Å². The Bertz CT molecular complexity index is 722. The Morgan fingerprint density at radius 1 is 1.28 bits per heavy atom. The standard InChI is InChI=1S/C16H17N3O5S/c20-14-9-25-16(22)18(14)13-7-2-1-6-12(13)17-15(21)10-4-3-5-11(8-10)19(23)24/h3-5,8,12-13H,1-2,6-7,9H2,(H,17,21). The van der Waals surface area contributed by atoms with Crippen LogP contribution in [0.4, 0.5) is 10.5 Å². The number of nitro groups is 1. The van der Waals surface area contributed by atoms with Crippen molar-refractivity contribution < 1.29 is 19.3 Å². The van der Waals surface area contributed by atoms with E-state index in [2.05, 4.69) is 5.32 Å². The number of nitrogens with one attached hydrogen (secondary N) is 1. The van der Waals surface area contributed by atoms with Gasteiger partial charge in [-0.2, -0.15) is 0 Å². The number of hydrogen-bond donors (Lipinski definition) is 1. The maximum Gasteiger partial charge on any atom is 0.289 e. The second-order valence-corrected chi connectivity index (χ2v) is 6.98. The van der Waals surface area contributed by atoms with Gasteiger partial charge in [0.05, 0.1) is 22.8 Å². The van der Waals surface area contributed by atoms with E-state index in [1.54, 1.807) is 0 Å². The van der Waals surface area contributed by atoms with Crippen molar-refractivity contribution in [2.24, 2.45) is 0 Å². The molecule has 2 fully saturated rings. The summed E-state index contributed by atoms with van der Waals surface area (Å²) in [7, 11) is 0. The van der Waals surface area contributed by atoms with Crippen LogP contribution in [0.15, 0.2) is 24.3 Å². The first-order chi connectivity index (χ1) is 12.0. The summed E-state index contributed by atoms with van der Waals surface area (Å²) in [4.78, 5) is 48.0. The van der Waals surface area contributed by atoms with Gasteiger partial charge in [0, 0.05) is 17.7 Å². The van der Waals surface area contributed by atoms with Crippen LogP contribution in [0, 0.1) is 10.1 Å². The summed E-state index contributed by atoms with van der Waals surface area (Å²) < 4.78 is 0. The van der Waals surface area contributed by atoms with Crippen LogP contribution >= 0.6 is 11.8 Å². The molecule has 1 aromatic rings. The van der Waals surface area contributed by atoms with Gasteiger partial charge in [0.25, 0.3) is 16.8 Å². The molecule has 1 heterocycles. The highest BCUT2D eigenvalue weighted by Gasteiger charge is 2.41. The van der Waals surface area contributed by atoms with Gasteiger partial charge in [0.15, 0.2) is 0 Å². The van der Waals surface area contributed by atoms with Gasteiger partial charge >= 0.3 is 0 Å². The van der Waals surface area contributed by atoms with E-state index in [0.29, 0.717) is 12.8 Å². The number of rotatable bonds is 4. The molecule has 8 nitrogen and oxygen atoms in total. The molecule has 1 aliphatic carbocycles. The highest BCUT2D eigenvalue weighted by molar-refractivity contribution is 8.14. The molecule has 1 aromatic carbocycles. The number of imide groups is 1. The zero-order valence-electron chi connectivity index (χ0n) is 13.3. The van der Waals surface area contributed by atoms with E-state index in [-0.39, 0.29) is 40.2 Å². The third-order valence-electron chi connectivity index (χ3n) is 4.48. The van der Waals surface area contributed by atoms with Crippen LogP contribution in [0.3, 0.4) is 0 Å². The molecule has 1 aliphatic heterocycles. The zero-order valence-corrected chi connectivity index (χ0v) is 14.2. The molecule has 1 saturated carbocycles. The van der Waals surface area contributed by atoms with Crippen LogP contribution in [0.25, 0.3) is 0 Å². The van der Waals surface area contributed by atoms with E-state index in [4.69, 9.17) is 0 Å². The summed E-state index contributed by atoms with van der Waals surface area (Å²) in [6.07, 6.45) is 3.08. The minimum absolute atomic E-state index is 0.140. The van der Waals surface area contributed by atoms with Gasteiger partial charge < -0.3 is 5.32 Å². The van der Waals surface area contributed by atoms with Crippen molar-refractivity contribution in [2.45, 2.75) is 37.8 Å². The number of hydrogen-bond acceptors (Lipinski definition) is 6. The van der Waals surface area contributed by atoms with Crippen LogP contribution in [0.5, 0.6) is 0 Å². The number of carbonyl (C=O) groups excluding carboxylic acids is 3. The monoisotopic (exact) mass is 363 g/mol. The molecule has 3 amide bonds. The Kier molecular flexibility index (Phi) is 5.03. The van der Waals surface area contributed by atoms with E-state index in [0.717, 1.165) is 24.6 Å². The predicted octanol–water partition coefficient (Wildman–Crippen LogP) is 2.33. The van der Waals surface area contributed by atoms with Gasteiger partial charge in [-0.15, -0.1) is 0 Å². The molecule has 2 unspecified atom stereocenters. The fourth-order valence-electron chi connectivity index (χ4n) is 3.29. The minimum Gasteiger partial charge on any atom is -0.347 e. The maximum atomic E-state index is 12.5. The second kappa shape index (κ2) is 7.22. The summed E-state index contributed by atoms with van der Waals surface area (Å²) in [6, 6.07) is 4.80. The van der Waals surface area contributed by atoms with Crippen molar-refractivity contribution in [1.29, 1.82) is 0 Å². The zero-order chi connectivity index (χ0) is 18.0. The Balaban J connectivity index is 1.76. The summed E-state index contributed by atoms with van der Waals surface area (Å²) >= 11 is 0.979. The number of carbonyl (C=O) groups is 3. The van der Waals surface area contributed by atoms with Gasteiger partial charge in [-0.3, -0.25) is 29.4 Å². The number of benzene rings is 1. The molecule has 2 atom stereocenters. The Labute approximate surface area is 148 Å². The Morgan fingerprint density at radius 2 is 2.04 bits per heavy atom. The van der Waals surface area contributed by atoms with E-state index in [1.807, 2.05) is 0 Å². The fourth-order valence-corrected chi connectivity index (χ4v) is 4.05. The molecule has 2 aliphatic rings. The van der Waals surface area contributed by atoms with Gasteiger partial charge in [-0.1, -0.05) is 30.7 Å². The van der Waals surface area contributed by atoms with Gasteiger partial charge in [-0.05, 0) is 18.9 Å². The van der Waals surface area contributed by atoms with Crippen molar-refractivity contribution in [3.05, 3.63) is 39.9 Å². The lowest BCUT2D eigenvalue weighted by Gasteiger charge is -2.36. The van der Waals surface area contributed by atoms with E-state index < -0.39 is 10.8 Å². The van der Waals surface area contributed by atoms with E-state index in [9.17, 15) is 24.5 Å². The summed E-state index contributed by atoms with van der Waals surface area (Å²) in [5, 5.41) is 13.4. The van der Waals surface area contributed by atoms with Crippen LogP contribution in [0.1, 0.15) is 36.0 Å². The molecule has 0 bridgehead atoms. The largest absolute Gasteiger partial charge is 0.347 e. The van der Waals surface area contributed by atoms with Gasteiger partial charge in [-0.25, -0.2) is 0 Å². The van der Waals surface area contributed by atoms with E-state index >= 15 is 0 Å². The molecule has 3 rings (SSSR count). The van der Waals surface area contributed by atoms with Crippen molar-refractivity contribution in [2.75, 3.05) is 5.75 Å². The molecular weight excluding hydrogens is 346 g/mol.